The van der Waals surface area contributed by atoms with E-state index in [0.29, 0.717) is 52.5 Å². The van der Waals surface area contributed by atoms with Crippen molar-refractivity contribution >= 4 is 95.5 Å². The van der Waals surface area contributed by atoms with Crippen LogP contribution in [0, 0.1) is 0 Å². The van der Waals surface area contributed by atoms with Crippen LogP contribution in [0.3, 0.4) is 0 Å². The van der Waals surface area contributed by atoms with Crippen molar-refractivity contribution < 1.29 is 55.8 Å². The summed E-state index contributed by atoms with van der Waals surface area (Å²) in [4.78, 5) is 66.5. The molecule has 0 bridgehead atoms. The molecule has 60 heavy (non-hydrogen) atoms. The van der Waals surface area contributed by atoms with E-state index in [1.54, 1.807) is 47.6 Å². The Morgan fingerprint density at radius 2 is 1.80 bits per heavy atom. The largest absolute Gasteiger partial charge is 0.511 e. The summed E-state index contributed by atoms with van der Waals surface area (Å²) in [6, 6.07) is 12.9. The average molecular weight is 922 g/mol. The number of carbonyl (C=O) groups excluding carboxylic acids is 5. The zero-order valence-electron chi connectivity index (χ0n) is 32.4. The van der Waals surface area contributed by atoms with E-state index in [9.17, 15) is 32.4 Å². The maximum absolute atomic E-state index is 13.9. The molecule has 1 saturated heterocycles. The average Bonchev–Trinajstić information content (AvgIpc) is 3.93. The molecular formula is C41H42Cl2N2O12S3. The molecule has 1 aromatic heterocycles. The van der Waals surface area contributed by atoms with Crippen LogP contribution in [0.4, 0.5) is 4.79 Å². The van der Waals surface area contributed by atoms with E-state index in [2.05, 4.69) is 5.32 Å². The van der Waals surface area contributed by atoms with Crippen molar-refractivity contribution in [2.75, 3.05) is 38.6 Å². The van der Waals surface area contributed by atoms with Gasteiger partial charge < -0.3 is 33.6 Å². The standard InChI is InChI=1S/C41H42Cl2N2O12S3/c1-60(51,52)30-7-4-5-25(19-30)20-33(40(49)56-24-57-41(50)55-17-16-54-35(46)8-3-2-6-29-13-18-58-59-29)44-38(47)36-32(42)21-28-23-45(14-11-31(28)37(36)43)39(48)27-10-9-26-12-15-53-34(26)22-27/h4-5,7,9-10,12,15,19,21-22,29,33H,2-3,6,8,11,13-14,16-18,20,23-24H2,1H3,(H,44,47)/t29-,33+/m1/s1. The molecule has 0 aliphatic carbocycles. The fourth-order valence-corrected chi connectivity index (χ4v) is 11.2. The highest BCUT2D eigenvalue weighted by Crippen LogP contribution is 2.40. The number of furan rings is 1. The molecule has 3 heterocycles. The van der Waals surface area contributed by atoms with Crippen LogP contribution in [0.2, 0.25) is 10.0 Å². The molecule has 2 aliphatic heterocycles. The fourth-order valence-electron chi connectivity index (χ4n) is 6.70. The Morgan fingerprint density at radius 3 is 2.58 bits per heavy atom. The third kappa shape index (κ3) is 12.1. The van der Waals surface area contributed by atoms with Crippen molar-refractivity contribution in [2.45, 2.75) is 67.7 Å². The van der Waals surface area contributed by atoms with Crippen molar-refractivity contribution in [3.63, 3.8) is 0 Å². The lowest BCUT2D eigenvalue weighted by molar-refractivity contribution is -0.156. The summed E-state index contributed by atoms with van der Waals surface area (Å²) in [7, 11) is 0.157. The van der Waals surface area contributed by atoms with E-state index in [0.717, 1.165) is 30.2 Å². The number of sulfone groups is 1. The number of halogens is 2. The summed E-state index contributed by atoms with van der Waals surface area (Å²) in [6.07, 6.45) is 5.60. The van der Waals surface area contributed by atoms with Crippen molar-refractivity contribution in [1.82, 2.24) is 10.2 Å². The molecule has 0 unspecified atom stereocenters. The molecule has 14 nitrogen and oxygen atoms in total. The summed E-state index contributed by atoms with van der Waals surface area (Å²) in [5, 5.41) is 4.09. The number of carbonyl (C=O) groups is 5. The molecule has 6 rings (SSSR count). The smallest absolute Gasteiger partial charge is 0.464 e. The van der Waals surface area contributed by atoms with Crippen LogP contribution in [-0.4, -0.2) is 93.1 Å². The Morgan fingerprint density at radius 1 is 0.983 bits per heavy atom. The summed E-state index contributed by atoms with van der Waals surface area (Å²) in [6.45, 7) is -0.901. The number of ether oxygens (including phenoxy) is 4. The number of hydrogen-bond donors (Lipinski definition) is 1. The minimum absolute atomic E-state index is 0.0113. The quantitative estimate of drug-likeness (QED) is 0.0359. The summed E-state index contributed by atoms with van der Waals surface area (Å²) in [5.41, 5.74) is 2.51. The van der Waals surface area contributed by atoms with Gasteiger partial charge in [0, 0.05) is 54.1 Å². The fraction of sp³-hybridized carbons (Fsp3) is 0.390. The van der Waals surface area contributed by atoms with Gasteiger partial charge in [-0.1, -0.05) is 69.4 Å². The topological polar surface area (TPSA) is 185 Å². The van der Waals surface area contributed by atoms with Crippen molar-refractivity contribution in [1.29, 1.82) is 0 Å². The van der Waals surface area contributed by atoms with Crippen LogP contribution in [0.15, 0.2) is 70.2 Å². The molecule has 2 atom stereocenters. The maximum Gasteiger partial charge on any atom is 0.511 e. The second-order valence-electron chi connectivity index (χ2n) is 14.1. The van der Waals surface area contributed by atoms with E-state index >= 15 is 0 Å². The third-order valence-electron chi connectivity index (χ3n) is 9.81. The number of hydrogen-bond acceptors (Lipinski definition) is 14. The molecule has 2 aliphatic rings. The molecule has 0 radical (unpaired) electrons. The van der Waals surface area contributed by atoms with Gasteiger partial charge in [0.25, 0.3) is 11.8 Å². The SMILES string of the molecule is CS(=O)(=O)c1cccc(C[C@H](NC(=O)c2c(Cl)cc3c(c2Cl)CCN(C(=O)c2ccc4ccoc4c2)C3)C(=O)OCOC(=O)OCCOC(=O)CCCC[C@@H]2CCSS2)c1. The van der Waals surface area contributed by atoms with Crippen LogP contribution < -0.4 is 5.32 Å². The van der Waals surface area contributed by atoms with Gasteiger partial charge in [0.2, 0.25) is 6.79 Å². The van der Waals surface area contributed by atoms with Gasteiger partial charge in [-0.05, 0) is 78.8 Å². The van der Waals surface area contributed by atoms with Crippen LogP contribution >= 0.6 is 44.8 Å². The summed E-state index contributed by atoms with van der Waals surface area (Å²) in [5.74, 6) is -1.33. The van der Waals surface area contributed by atoms with Crippen molar-refractivity contribution in [3.8, 4) is 0 Å². The molecule has 19 heteroatoms. The Balaban J connectivity index is 1.04. The summed E-state index contributed by atoms with van der Waals surface area (Å²) >= 11 is 13.5. The van der Waals surface area contributed by atoms with Gasteiger partial charge in [0.05, 0.1) is 26.8 Å². The lowest BCUT2D eigenvalue weighted by Gasteiger charge is -2.30. The monoisotopic (exact) mass is 920 g/mol. The lowest BCUT2D eigenvalue weighted by Crippen LogP contribution is -2.44. The highest BCUT2D eigenvalue weighted by Gasteiger charge is 2.31. The van der Waals surface area contributed by atoms with Crippen LogP contribution in [0.5, 0.6) is 0 Å². The van der Waals surface area contributed by atoms with Crippen LogP contribution in [0.25, 0.3) is 11.0 Å². The number of nitrogens with one attached hydrogen (secondary N) is 1. The third-order valence-corrected chi connectivity index (χ3v) is 14.6. The van der Waals surface area contributed by atoms with Gasteiger partial charge >= 0.3 is 18.1 Å². The maximum atomic E-state index is 13.9. The van der Waals surface area contributed by atoms with Gasteiger partial charge in [-0.3, -0.25) is 14.4 Å². The number of fused-ring (bicyclic) bond motifs is 2. The van der Waals surface area contributed by atoms with E-state index < -0.39 is 46.7 Å². The van der Waals surface area contributed by atoms with Crippen LogP contribution in [-0.2, 0) is 57.8 Å². The Kier molecular flexibility index (Phi) is 15.7. The molecule has 0 saturated carbocycles. The van der Waals surface area contributed by atoms with E-state index in [-0.39, 0.29) is 59.0 Å². The van der Waals surface area contributed by atoms with E-state index in [1.807, 2.05) is 21.6 Å². The first-order valence-corrected chi connectivity index (χ1v) is 24.1. The predicted molar refractivity (Wildman–Crippen MR) is 227 cm³/mol. The number of benzene rings is 3. The molecule has 0 spiro atoms. The zero-order chi connectivity index (χ0) is 42.8. The van der Waals surface area contributed by atoms with Gasteiger partial charge in [-0.25, -0.2) is 18.0 Å². The number of rotatable bonds is 17. The van der Waals surface area contributed by atoms with Gasteiger partial charge in [-0.15, -0.1) is 0 Å². The van der Waals surface area contributed by atoms with Crippen molar-refractivity contribution in [3.05, 3.63) is 98.7 Å². The highest BCUT2D eigenvalue weighted by molar-refractivity contribution is 8.77. The van der Waals surface area contributed by atoms with Crippen LogP contribution in [0.1, 0.15) is 69.5 Å². The molecule has 3 aromatic carbocycles. The number of amides is 2. The molecule has 2 amide bonds. The second-order valence-corrected chi connectivity index (χ2v) is 19.7. The zero-order valence-corrected chi connectivity index (χ0v) is 36.4. The van der Waals surface area contributed by atoms with Gasteiger partial charge in [0.1, 0.15) is 24.8 Å². The first-order chi connectivity index (χ1) is 28.8. The number of nitrogens with zero attached hydrogens (tertiary/aromatic N) is 1. The first-order valence-electron chi connectivity index (χ1n) is 19.0. The molecule has 1 fully saturated rings. The predicted octanol–water partition coefficient (Wildman–Crippen LogP) is 7.59. The second kappa shape index (κ2) is 20.9. The molecule has 320 valence electrons. The molecule has 1 N–H and O–H groups in total. The minimum Gasteiger partial charge on any atom is -0.464 e. The van der Waals surface area contributed by atoms with E-state index in [4.69, 9.17) is 46.6 Å². The Bertz CT molecular complexity index is 2350. The summed E-state index contributed by atoms with van der Waals surface area (Å²) < 4.78 is 50.0. The van der Waals surface area contributed by atoms with Gasteiger partial charge in [-0.2, -0.15) is 0 Å². The highest BCUT2D eigenvalue weighted by atomic mass is 35.5. The number of unbranched alkanes of at least 4 members (excludes halogenated alkanes) is 1. The van der Waals surface area contributed by atoms with Gasteiger partial charge in [0.15, 0.2) is 9.84 Å². The Hall–Kier alpha value is -4.42. The molecule has 4 aromatic rings. The minimum atomic E-state index is -3.61. The number of esters is 2. The first kappa shape index (κ1) is 45.1. The lowest BCUT2D eigenvalue weighted by atomic mass is 9.95. The van der Waals surface area contributed by atoms with Crippen molar-refractivity contribution in [2.24, 2.45) is 0 Å². The van der Waals surface area contributed by atoms with E-state index in [1.165, 1.54) is 24.6 Å². The molecular weight excluding hydrogens is 880 g/mol. The Labute approximate surface area is 364 Å². The normalized spacial score (nSPS) is 15.5.